The first-order valence-corrected chi connectivity index (χ1v) is 7.33. The molecule has 1 N–H and O–H groups in total. The van der Waals surface area contributed by atoms with Crippen LogP contribution in [-0.4, -0.2) is 58.6 Å². The van der Waals surface area contributed by atoms with Gasteiger partial charge in [-0.3, -0.25) is 14.8 Å². The summed E-state index contributed by atoms with van der Waals surface area (Å²) in [5.41, 5.74) is 0.671. The highest BCUT2D eigenvalue weighted by Crippen LogP contribution is 2.25. The molecule has 0 spiro atoms. The lowest BCUT2D eigenvalue weighted by Crippen LogP contribution is -2.49. The zero-order chi connectivity index (χ0) is 13.1. The van der Waals surface area contributed by atoms with Crippen molar-refractivity contribution in [3.63, 3.8) is 0 Å². The van der Waals surface area contributed by atoms with Crippen LogP contribution in [0.2, 0.25) is 0 Å². The molecule has 1 aromatic heterocycles. The van der Waals surface area contributed by atoms with Crippen LogP contribution in [0.4, 0.5) is 0 Å². The quantitative estimate of drug-likeness (QED) is 0.895. The van der Waals surface area contributed by atoms with Crippen molar-refractivity contribution in [2.45, 2.75) is 25.7 Å². The minimum Gasteiger partial charge on any atom is -0.336 e. The Bertz CT molecular complexity index is 403. The summed E-state index contributed by atoms with van der Waals surface area (Å²) < 4.78 is 0. The molecule has 1 amide bonds. The van der Waals surface area contributed by atoms with E-state index in [-0.39, 0.29) is 5.91 Å². The van der Waals surface area contributed by atoms with Crippen LogP contribution in [0, 0.1) is 5.92 Å². The maximum atomic E-state index is 12.2. The average Bonchev–Trinajstić information content (AvgIpc) is 3.12. The predicted octanol–water partition coefficient (Wildman–Crippen LogP) is 1.36. The van der Waals surface area contributed by atoms with E-state index in [0.29, 0.717) is 5.56 Å². The summed E-state index contributed by atoms with van der Waals surface area (Å²) in [6.07, 6.45) is 8.88. The van der Waals surface area contributed by atoms with Gasteiger partial charge in [0, 0.05) is 38.9 Å². The predicted molar refractivity (Wildman–Crippen MR) is 72.9 cm³/mol. The second kappa shape index (κ2) is 5.74. The Morgan fingerprint density at radius 3 is 2.63 bits per heavy atom. The van der Waals surface area contributed by atoms with Gasteiger partial charge in [-0.15, -0.1) is 0 Å². The Labute approximate surface area is 114 Å². The number of aromatic nitrogens is 2. The molecular weight excluding hydrogens is 240 g/mol. The zero-order valence-electron chi connectivity index (χ0n) is 11.3. The van der Waals surface area contributed by atoms with Gasteiger partial charge in [0.2, 0.25) is 0 Å². The molecule has 1 saturated heterocycles. The molecule has 0 atom stereocenters. The van der Waals surface area contributed by atoms with E-state index in [9.17, 15) is 4.79 Å². The van der Waals surface area contributed by atoms with Crippen LogP contribution in [0.5, 0.6) is 0 Å². The van der Waals surface area contributed by atoms with Gasteiger partial charge in [-0.25, -0.2) is 0 Å². The Balaban J connectivity index is 1.47. The lowest BCUT2D eigenvalue weighted by atomic mass is 10.1. The van der Waals surface area contributed by atoms with Gasteiger partial charge in [0.05, 0.1) is 11.8 Å². The largest absolute Gasteiger partial charge is 0.336 e. The number of nitrogens with one attached hydrogen (secondary N) is 1. The average molecular weight is 262 g/mol. The first-order chi connectivity index (χ1) is 9.33. The molecule has 3 rings (SSSR count). The van der Waals surface area contributed by atoms with Crippen LogP contribution < -0.4 is 0 Å². The molecular formula is C14H22N4O. The van der Waals surface area contributed by atoms with E-state index in [2.05, 4.69) is 15.1 Å². The Kier molecular flexibility index (Phi) is 3.82. The van der Waals surface area contributed by atoms with Gasteiger partial charge < -0.3 is 4.90 Å². The number of hydrogen-bond donors (Lipinski definition) is 1. The maximum Gasteiger partial charge on any atom is 0.257 e. The van der Waals surface area contributed by atoms with Crippen molar-refractivity contribution < 1.29 is 4.79 Å². The first-order valence-electron chi connectivity index (χ1n) is 7.33. The molecule has 1 aromatic rings. The van der Waals surface area contributed by atoms with E-state index in [1.54, 1.807) is 12.4 Å². The molecule has 5 heteroatoms. The standard InChI is InChI=1S/C14H22N4O/c19-14(13-9-15-16-10-13)18-7-5-17(6-8-18)11-12-3-1-2-4-12/h9-10,12H,1-8,11H2,(H,15,16). The lowest BCUT2D eigenvalue weighted by molar-refractivity contribution is 0.0618. The summed E-state index contributed by atoms with van der Waals surface area (Å²) in [5.74, 6) is 1.00. The number of piperazine rings is 1. The highest BCUT2D eigenvalue weighted by atomic mass is 16.2. The number of rotatable bonds is 3. The summed E-state index contributed by atoms with van der Waals surface area (Å²) in [7, 11) is 0. The molecule has 104 valence electrons. The normalized spacial score (nSPS) is 22.0. The fourth-order valence-corrected chi connectivity index (χ4v) is 3.24. The Morgan fingerprint density at radius 2 is 2.00 bits per heavy atom. The van der Waals surface area contributed by atoms with Gasteiger partial charge in [-0.1, -0.05) is 12.8 Å². The summed E-state index contributed by atoms with van der Waals surface area (Å²) in [5, 5.41) is 6.54. The van der Waals surface area contributed by atoms with Crippen LogP contribution in [0.1, 0.15) is 36.0 Å². The van der Waals surface area contributed by atoms with Gasteiger partial charge >= 0.3 is 0 Å². The Morgan fingerprint density at radius 1 is 1.26 bits per heavy atom. The van der Waals surface area contributed by atoms with Gasteiger partial charge in [0.1, 0.15) is 0 Å². The molecule has 2 aliphatic rings. The van der Waals surface area contributed by atoms with E-state index >= 15 is 0 Å². The number of hydrogen-bond acceptors (Lipinski definition) is 3. The number of H-pyrrole nitrogens is 1. The monoisotopic (exact) mass is 262 g/mol. The second-order valence-corrected chi connectivity index (χ2v) is 5.73. The molecule has 19 heavy (non-hydrogen) atoms. The van der Waals surface area contributed by atoms with Crippen LogP contribution in [0.15, 0.2) is 12.4 Å². The Hall–Kier alpha value is -1.36. The summed E-state index contributed by atoms with van der Waals surface area (Å²) >= 11 is 0. The molecule has 2 heterocycles. The highest BCUT2D eigenvalue weighted by Gasteiger charge is 2.25. The molecule has 0 aromatic carbocycles. The maximum absolute atomic E-state index is 12.2. The molecule has 2 fully saturated rings. The van der Waals surface area contributed by atoms with Crippen LogP contribution >= 0.6 is 0 Å². The molecule has 0 bridgehead atoms. The molecule has 1 saturated carbocycles. The SMILES string of the molecule is O=C(c1cn[nH]c1)N1CCN(CC2CCCC2)CC1. The van der Waals surface area contributed by atoms with Crippen molar-refractivity contribution in [2.75, 3.05) is 32.7 Å². The van der Waals surface area contributed by atoms with E-state index in [0.717, 1.165) is 32.1 Å². The van der Waals surface area contributed by atoms with Crippen LogP contribution in [0.3, 0.4) is 0 Å². The number of carbonyl (C=O) groups excluding carboxylic acids is 1. The van der Waals surface area contributed by atoms with Crippen LogP contribution in [0.25, 0.3) is 0 Å². The zero-order valence-corrected chi connectivity index (χ0v) is 11.3. The fraction of sp³-hybridized carbons (Fsp3) is 0.714. The third-order valence-electron chi connectivity index (χ3n) is 4.40. The van der Waals surface area contributed by atoms with Crippen LogP contribution in [-0.2, 0) is 0 Å². The lowest BCUT2D eigenvalue weighted by Gasteiger charge is -2.35. The number of carbonyl (C=O) groups is 1. The topological polar surface area (TPSA) is 52.2 Å². The van der Waals surface area contributed by atoms with E-state index in [1.165, 1.54) is 32.2 Å². The molecule has 5 nitrogen and oxygen atoms in total. The molecule has 0 radical (unpaired) electrons. The smallest absolute Gasteiger partial charge is 0.257 e. The van der Waals surface area contributed by atoms with Gasteiger partial charge in [-0.05, 0) is 18.8 Å². The number of aromatic amines is 1. The van der Waals surface area contributed by atoms with E-state index in [4.69, 9.17) is 0 Å². The van der Waals surface area contributed by atoms with Crippen molar-refractivity contribution in [1.29, 1.82) is 0 Å². The van der Waals surface area contributed by atoms with Gasteiger partial charge in [-0.2, -0.15) is 5.10 Å². The highest BCUT2D eigenvalue weighted by molar-refractivity contribution is 5.93. The van der Waals surface area contributed by atoms with Crippen molar-refractivity contribution in [2.24, 2.45) is 5.92 Å². The third kappa shape index (κ3) is 2.97. The molecule has 1 aliphatic carbocycles. The van der Waals surface area contributed by atoms with E-state index < -0.39 is 0 Å². The summed E-state index contributed by atoms with van der Waals surface area (Å²) in [6, 6.07) is 0. The van der Waals surface area contributed by atoms with Crippen molar-refractivity contribution >= 4 is 5.91 Å². The van der Waals surface area contributed by atoms with Crippen molar-refractivity contribution in [3.05, 3.63) is 18.0 Å². The first kappa shape index (κ1) is 12.7. The third-order valence-corrected chi connectivity index (χ3v) is 4.40. The second-order valence-electron chi connectivity index (χ2n) is 5.73. The van der Waals surface area contributed by atoms with Crippen molar-refractivity contribution in [3.8, 4) is 0 Å². The van der Waals surface area contributed by atoms with Gasteiger partial charge in [0.15, 0.2) is 0 Å². The fourth-order valence-electron chi connectivity index (χ4n) is 3.24. The van der Waals surface area contributed by atoms with Gasteiger partial charge in [0.25, 0.3) is 5.91 Å². The number of amides is 1. The summed E-state index contributed by atoms with van der Waals surface area (Å²) in [4.78, 5) is 16.6. The molecule has 1 aliphatic heterocycles. The number of nitrogens with zero attached hydrogens (tertiary/aromatic N) is 3. The van der Waals surface area contributed by atoms with E-state index in [1.807, 2.05) is 4.90 Å². The minimum atomic E-state index is 0.106. The minimum absolute atomic E-state index is 0.106. The molecule has 0 unspecified atom stereocenters. The van der Waals surface area contributed by atoms with Crippen molar-refractivity contribution in [1.82, 2.24) is 20.0 Å². The summed E-state index contributed by atoms with van der Waals surface area (Å²) in [6.45, 7) is 4.95.